The van der Waals surface area contributed by atoms with Gasteiger partial charge < -0.3 is 0 Å². The van der Waals surface area contributed by atoms with Crippen LogP contribution in [0.25, 0.3) is 0 Å². The highest BCUT2D eigenvalue weighted by molar-refractivity contribution is 8.00. The Balaban J connectivity index is 1.88. The molecule has 0 saturated carbocycles. The first-order chi connectivity index (χ1) is 7.78. The Morgan fingerprint density at radius 2 is 2.38 bits per heavy atom. The van der Waals surface area contributed by atoms with Crippen LogP contribution in [0.4, 0.5) is 0 Å². The van der Waals surface area contributed by atoms with Crippen molar-refractivity contribution in [2.75, 3.05) is 19.3 Å². The van der Waals surface area contributed by atoms with E-state index >= 15 is 0 Å². The number of hydrogen-bond acceptors (Lipinski definition) is 5. The second-order valence-electron chi connectivity index (χ2n) is 4.05. The lowest BCUT2D eigenvalue weighted by Crippen LogP contribution is -2.40. The SMILES string of the molecule is CSC1(C#N)CCN(Cc2cncs2)CC1. The number of hydrogen-bond donors (Lipinski definition) is 0. The van der Waals surface area contributed by atoms with Crippen molar-refractivity contribution >= 4 is 23.1 Å². The summed E-state index contributed by atoms with van der Waals surface area (Å²) < 4.78 is -0.135. The van der Waals surface area contributed by atoms with Crippen LogP contribution in [0.3, 0.4) is 0 Å². The smallest absolute Gasteiger partial charge is 0.104 e. The van der Waals surface area contributed by atoms with Crippen molar-refractivity contribution in [1.82, 2.24) is 9.88 Å². The van der Waals surface area contributed by atoms with Crippen LogP contribution in [-0.4, -0.2) is 34.0 Å². The zero-order valence-corrected chi connectivity index (χ0v) is 11.0. The lowest BCUT2D eigenvalue weighted by molar-refractivity contribution is 0.211. The fraction of sp³-hybridized carbons (Fsp3) is 0.636. The van der Waals surface area contributed by atoms with Gasteiger partial charge in [0.05, 0.1) is 11.6 Å². The van der Waals surface area contributed by atoms with Gasteiger partial charge in [0.15, 0.2) is 0 Å². The third-order valence-electron chi connectivity index (χ3n) is 3.12. The van der Waals surface area contributed by atoms with Crippen LogP contribution in [0.5, 0.6) is 0 Å². The summed E-state index contributed by atoms with van der Waals surface area (Å²) in [6.07, 6.45) is 5.93. The average molecular weight is 253 g/mol. The van der Waals surface area contributed by atoms with Gasteiger partial charge in [-0.2, -0.15) is 5.26 Å². The molecular weight excluding hydrogens is 238 g/mol. The number of likely N-dealkylation sites (tertiary alicyclic amines) is 1. The molecule has 0 aromatic carbocycles. The molecule has 86 valence electrons. The van der Waals surface area contributed by atoms with E-state index in [0.717, 1.165) is 32.5 Å². The number of thiazole rings is 1. The molecule has 16 heavy (non-hydrogen) atoms. The molecule has 1 aromatic rings. The van der Waals surface area contributed by atoms with Gasteiger partial charge >= 0.3 is 0 Å². The molecule has 2 heterocycles. The van der Waals surface area contributed by atoms with E-state index in [1.807, 2.05) is 18.0 Å². The van der Waals surface area contributed by atoms with Gasteiger partial charge in [0.2, 0.25) is 0 Å². The Morgan fingerprint density at radius 3 is 2.88 bits per heavy atom. The van der Waals surface area contributed by atoms with E-state index in [1.54, 1.807) is 23.1 Å². The standard InChI is InChI=1S/C11H15N3S2/c1-15-11(8-12)2-4-14(5-3-11)7-10-6-13-9-16-10/h6,9H,2-5,7H2,1H3. The van der Waals surface area contributed by atoms with E-state index in [2.05, 4.69) is 16.0 Å². The Bertz CT molecular complexity index is 361. The van der Waals surface area contributed by atoms with Crippen molar-refractivity contribution in [2.24, 2.45) is 0 Å². The summed E-state index contributed by atoms with van der Waals surface area (Å²) in [6, 6.07) is 2.47. The minimum atomic E-state index is -0.135. The Morgan fingerprint density at radius 1 is 1.62 bits per heavy atom. The fourth-order valence-corrected chi connectivity index (χ4v) is 3.29. The third kappa shape index (κ3) is 2.57. The zero-order valence-electron chi connectivity index (χ0n) is 9.35. The van der Waals surface area contributed by atoms with Crippen molar-refractivity contribution < 1.29 is 0 Å². The maximum absolute atomic E-state index is 9.19. The Hall–Kier alpha value is -0.570. The summed E-state index contributed by atoms with van der Waals surface area (Å²) in [5.74, 6) is 0. The molecule has 1 aromatic heterocycles. The quantitative estimate of drug-likeness (QED) is 0.829. The minimum Gasteiger partial charge on any atom is -0.298 e. The molecule has 0 aliphatic carbocycles. The molecule has 3 nitrogen and oxygen atoms in total. The number of rotatable bonds is 3. The summed E-state index contributed by atoms with van der Waals surface area (Å²) in [6.45, 7) is 3.03. The highest BCUT2D eigenvalue weighted by Crippen LogP contribution is 2.34. The fourth-order valence-electron chi connectivity index (χ4n) is 1.97. The summed E-state index contributed by atoms with van der Waals surface area (Å²) in [4.78, 5) is 7.81. The van der Waals surface area contributed by atoms with Gasteiger partial charge in [-0.1, -0.05) is 0 Å². The monoisotopic (exact) mass is 253 g/mol. The van der Waals surface area contributed by atoms with Crippen LogP contribution in [0.15, 0.2) is 11.7 Å². The van der Waals surface area contributed by atoms with E-state index in [0.29, 0.717) is 0 Å². The Kier molecular flexibility index (Phi) is 3.85. The lowest BCUT2D eigenvalue weighted by Gasteiger charge is -2.35. The van der Waals surface area contributed by atoms with Crippen molar-refractivity contribution in [3.63, 3.8) is 0 Å². The van der Waals surface area contributed by atoms with E-state index in [1.165, 1.54) is 4.88 Å². The van der Waals surface area contributed by atoms with Crippen molar-refractivity contribution in [3.8, 4) is 6.07 Å². The molecule has 0 radical (unpaired) electrons. The molecule has 1 fully saturated rings. The van der Waals surface area contributed by atoms with Crippen molar-refractivity contribution in [3.05, 3.63) is 16.6 Å². The number of thioether (sulfide) groups is 1. The van der Waals surface area contributed by atoms with Gasteiger partial charge in [-0.25, -0.2) is 0 Å². The van der Waals surface area contributed by atoms with E-state index in [-0.39, 0.29) is 4.75 Å². The topological polar surface area (TPSA) is 39.9 Å². The van der Waals surface area contributed by atoms with Gasteiger partial charge in [-0.3, -0.25) is 9.88 Å². The summed E-state index contributed by atoms with van der Waals surface area (Å²) in [5, 5.41) is 9.19. The van der Waals surface area contributed by atoms with E-state index in [9.17, 15) is 5.26 Å². The third-order valence-corrected chi connectivity index (χ3v) is 5.17. The predicted octanol–water partition coefficient (Wildman–Crippen LogP) is 2.36. The number of nitrogens with zero attached hydrogens (tertiary/aromatic N) is 3. The molecule has 0 N–H and O–H groups in total. The maximum atomic E-state index is 9.19. The minimum absolute atomic E-state index is 0.135. The molecule has 0 amide bonds. The van der Waals surface area contributed by atoms with Gasteiger partial charge in [0.25, 0.3) is 0 Å². The number of nitriles is 1. The van der Waals surface area contributed by atoms with Crippen molar-refractivity contribution in [1.29, 1.82) is 5.26 Å². The van der Waals surface area contributed by atoms with Gasteiger partial charge in [-0.15, -0.1) is 23.1 Å². The summed E-state index contributed by atoms with van der Waals surface area (Å²) in [5.41, 5.74) is 1.88. The summed E-state index contributed by atoms with van der Waals surface area (Å²) >= 11 is 3.41. The first kappa shape index (κ1) is 11.9. The van der Waals surface area contributed by atoms with E-state index < -0.39 is 0 Å². The highest BCUT2D eigenvalue weighted by atomic mass is 32.2. The predicted molar refractivity (Wildman–Crippen MR) is 68.5 cm³/mol. The largest absolute Gasteiger partial charge is 0.298 e. The summed E-state index contributed by atoms with van der Waals surface area (Å²) in [7, 11) is 0. The molecule has 0 bridgehead atoms. The van der Waals surface area contributed by atoms with E-state index in [4.69, 9.17) is 0 Å². The molecule has 1 aliphatic rings. The van der Waals surface area contributed by atoms with Crippen LogP contribution in [0.1, 0.15) is 17.7 Å². The normalized spacial score (nSPS) is 20.5. The molecular formula is C11H15N3S2. The van der Waals surface area contributed by atoms with Crippen LogP contribution in [0, 0.1) is 11.3 Å². The van der Waals surface area contributed by atoms with Gasteiger partial charge in [0.1, 0.15) is 4.75 Å². The molecule has 1 aliphatic heterocycles. The molecule has 0 unspecified atom stereocenters. The second-order valence-corrected chi connectivity index (χ2v) is 6.21. The molecule has 0 spiro atoms. The first-order valence-electron chi connectivity index (χ1n) is 5.34. The highest BCUT2D eigenvalue weighted by Gasteiger charge is 2.33. The van der Waals surface area contributed by atoms with Crippen LogP contribution < -0.4 is 0 Å². The van der Waals surface area contributed by atoms with Crippen molar-refractivity contribution in [2.45, 2.75) is 24.1 Å². The lowest BCUT2D eigenvalue weighted by atomic mass is 9.97. The molecule has 1 saturated heterocycles. The van der Waals surface area contributed by atoms with Gasteiger partial charge in [0, 0.05) is 30.7 Å². The Labute approximate surface area is 104 Å². The molecule has 5 heteroatoms. The maximum Gasteiger partial charge on any atom is 0.104 e. The molecule has 2 rings (SSSR count). The average Bonchev–Trinajstić information content (AvgIpc) is 2.83. The zero-order chi connectivity index (χ0) is 11.4. The van der Waals surface area contributed by atoms with Crippen LogP contribution in [-0.2, 0) is 6.54 Å². The number of piperidine rings is 1. The van der Waals surface area contributed by atoms with Crippen LogP contribution >= 0.6 is 23.1 Å². The second kappa shape index (κ2) is 5.17. The molecule has 0 atom stereocenters. The number of aromatic nitrogens is 1. The first-order valence-corrected chi connectivity index (χ1v) is 7.44. The van der Waals surface area contributed by atoms with Gasteiger partial charge in [-0.05, 0) is 19.1 Å². The van der Waals surface area contributed by atoms with Crippen LogP contribution in [0.2, 0.25) is 0 Å².